The van der Waals surface area contributed by atoms with Crippen LogP contribution in [0.1, 0.15) is 20.3 Å². The third kappa shape index (κ3) is 55.3. The maximum absolute atomic E-state index is 3.36. The first-order valence-corrected chi connectivity index (χ1v) is 4.22. The summed E-state index contributed by atoms with van der Waals surface area (Å²) in [5, 5.41) is 2.84. The van der Waals surface area contributed by atoms with Gasteiger partial charge in [-0.15, -0.1) is 20.1 Å². The maximum Gasteiger partial charge on any atom is 1.00 e. The molecule has 0 saturated heterocycles. The van der Waals surface area contributed by atoms with Gasteiger partial charge >= 0.3 is 51.4 Å². The molecule has 0 aromatic rings. The molecule has 0 atom stereocenters. The number of allylic oxidation sites excluding steroid dienone is 3. The summed E-state index contributed by atoms with van der Waals surface area (Å²) in [6, 6.07) is 0. The van der Waals surface area contributed by atoms with Crippen molar-refractivity contribution in [3.8, 4) is 0 Å². The van der Waals surface area contributed by atoms with E-state index in [0.717, 1.165) is 13.0 Å². The van der Waals surface area contributed by atoms with Crippen LogP contribution in [0, 0.1) is 12.3 Å². The van der Waals surface area contributed by atoms with Crippen LogP contribution >= 0.6 is 0 Å². The van der Waals surface area contributed by atoms with Gasteiger partial charge in [0.2, 0.25) is 0 Å². The van der Waals surface area contributed by atoms with E-state index in [9.17, 15) is 0 Å². The average Bonchev–Trinajstić information content (AvgIpc) is 2.20. The van der Waals surface area contributed by atoms with Crippen molar-refractivity contribution >= 4 is 0 Å². The average molecular weight is 218 g/mol. The Hall–Kier alpha value is 0.396. The van der Waals surface area contributed by atoms with Crippen molar-refractivity contribution in [1.29, 1.82) is 0 Å². The minimum Gasteiger partial charge on any atom is -0.568 e. The number of rotatable bonds is 4. The molecule has 0 aliphatic rings. The Bertz CT molecular complexity index is 119. The van der Waals surface area contributed by atoms with Crippen LogP contribution in [0.3, 0.4) is 0 Å². The van der Waals surface area contributed by atoms with Crippen LogP contribution in [-0.4, -0.2) is 6.54 Å². The van der Waals surface area contributed by atoms with Gasteiger partial charge in [-0.3, -0.25) is 12.7 Å². The van der Waals surface area contributed by atoms with Gasteiger partial charge in [-0.2, -0.15) is 6.58 Å². The van der Waals surface area contributed by atoms with Crippen LogP contribution in [0.4, 0.5) is 0 Å². The molecule has 0 radical (unpaired) electrons. The van der Waals surface area contributed by atoms with E-state index < -0.39 is 0 Å². The van der Waals surface area contributed by atoms with Gasteiger partial charge in [0.25, 0.3) is 0 Å². The molecule has 0 saturated carbocycles. The smallest absolute Gasteiger partial charge is 0.568 e. The second kappa shape index (κ2) is 37.6. The third-order valence-electron chi connectivity index (χ3n) is 0.785. The van der Waals surface area contributed by atoms with Gasteiger partial charge in [-0.1, -0.05) is 6.92 Å². The molecule has 2 heteroatoms. The van der Waals surface area contributed by atoms with Crippen molar-refractivity contribution in [1.82, 2.24) is 5.32 Å². The summed E-state index contributed by atoms with van der Waals surface area (Å²) in [6.07, 6.45) is 9.94. The van der Waals surface area contributed by atoms with Crippen molar-refractivity contribution in [2.75, 3.05) is 6.54 Å². The molecule has 0 aromatic heterocycles. The summed E-state index contributed by atoms with van der Waals surface area (Å²) in [7, 11) is 0. The second-order valence-electron chi connectivity index (χ2n) is 1.81. The van der Waals surface area contributed by atoms with E-state index in [-0.39, 0.29) is 51.4 Å². The van der Waals surface area contributed by atoms with Crippen molar-refractivity contribution in [3.63, 3.8) is 0 Å². The largest absolute Gasteiger partial charge is 1.00 e. The van der Waals surface area contributed by atoms with E-state index in [1.54, 1.807) is 6.08 Å². The van der Waals surface area contributed by atoms with Crippen molar-refractivity contribution in [2.45, 2.75) is 20.3 Å². The Morgan fingerprint density at radius 2 is 1.79 bits per heavy atom. The van der Waals surface area contributed by atoms with Crippen LogP contribution in [0.25, 0.3) is 0 Å². The Kier molecular flexibility index (Phi) is 64.3. The number of hydrogen-bond donors (Lipinski definition) is 1. The molecule has 0 amide bonds. The molecule has 0 spiro atoms. The molecule has 0 bridgehead atoms. The first-order valence-electron chi connectivity index (χ1n) is 4.22. The van der Waals surface area contributed by atoms with Crippen molar-refractivity contribution in [2.24, 2.45) is 0 Å². The van der Waals surface area contributed by atoms with Gasteiger partial charge in [-0.25, -0.2) is 12.2 Å². The molecule has 0 rings (SSSR count). The summed E-state index contributed by atoms with van der Waals surface area (Å²) in [5.41, 5.74) is 0. The zero-order valence-corrected chi connectivity index (χ0v) is 13.0. The van der Waals surface area contributed by atoms with Crippen LogP contribution < -0.4 is 56.7 Å². The van der Waals surface area contributed by atoms with Gasteiger partial charge in [0.1, 0.15) is 0 Å². The van der Waals surface area contributed by atoms with E-state index in [2.05, 4.69) is 50.8 Å². The van der Waals surface area contributed by atoms with Gasteiger partial charge in [0, 0.05) is 0 Å². The molecular formula is C12H21KN-. The Morgan fingerprint density at radius 3 is 1.86 bits per heavy atom. The zero-order valence-electron chi connectivity index (χ0n) is 9.90. The summed E-state index contributed by atoms with van der Waals surface area (Å²) < 4.78 is 0. The van der Waals surface area contributed by atoms with E-state index in [1.165, 1.54) is 0 Å². The second-order valence-corrected chi connectivity index (χ2v) is 1.81. The Labute approximate surface area is 132 Å². The summed E-state index contributed by atoms with van der Waals surface area (Å²) in [5.74, 6) is 0. The van der Waals surface area contributed by atoms with E-state index in [1.807, 2.05) is 13.0 Å². The van der Waals surface area contributed by atoms with Crippen molar-refractivity contribution in [3.05, 3.63) is 50.7 Å². The molecule has 1 N–H and O–H groups in total. The zero-order chi connectivity index (χ0) is 10.9. The van der Waals surface area contributed by atoms with E-state index in [0.29, 0.717) is 0 Å². The van der Waals surface area contributed by atoms with E-state index >= 15 is 0 Å². The number of nitrogens with one attached hydrogen (secondary N) is 1. The maximum atomic E-state index is 3.36. The quantitative estimate of drug-likeness (QED) is 0.179. The Balaban J connectivity index is -0.0000000576. The first kappa shape index (κ1) is 23.9. The normalized spacial score (nSPS) is 6.71. The summed E-state index contributed by atoms with van der Waals surface area (Å²) in [4.78, 5) is 0. The first-order chi connectivity index (χ1) is 6.33. The van der Waals surface area contributed by atoms with Gasteiger partial charge in [-0.05, 0) is 13.0 Å². The molecule has 0 aromatic carbocycles. The minimum absolute atomic E-state index is 0. The predicted octanol–water partition coefficient (Wildman–Crippen LogP) is 0.291. The summed E-state index contributed by atoms with van der Waals surface area (Å²) >= 11 is 0. The molecule has 0 heterocycles. The minimum atomic E-state index is 0. The standard InChI is InChI=1S/C5H10N.C5H7.C2H4.K/c1-3-5-6-4-2;1-3-5-4-2;1-2;/h6H,2-3,5H2,1H3;4-5H,1H2,2H3;1-2H2;/q2*-1;;+1/b;5-4-;;. The topological polar surface area (TPSA) is 12.0 Å². The van der Waals surface area contributed by atoms with Crippen LogP contribution in [0.2, 0.25) is 0 Å². The molecule has 76 valence electrons. The van der Waals surface area contributed by atoms with Gasteiger partial charge in [0.15, 0.2) is 0 Å². The summed E-state index contributed by atoms with van der Waals surface area (Å²) in [6.45, 7) is 17.7. The van der Waals surface area contributed by atoms with Gasteiger partial charge in [0.05, 0.1) is 0 Å². The molecule has 14 heavy (non-hydrogen) atoms. The molecule has 0 fully saturated rings. The number of hydrogen-bond acceptors (Lipinski definition) is 1. The van der Waals surface area contributed by atoms with Crippen molar-refractivity contribution < 1.29 is 51.4 Å². The molecule has 1 nitrogen and oxygen atoms in total. The fourth-order valence-electron chi connectivity index (χ4n) is 0.331. The molecule has 0 unspecified atom stereocenters. The van der Waals surface area contributed by atoms with Gasteiger partial charge < -0.3 is 11.5 Å². The van der Waals surface area contributed by atoms with Crippen LogP contribution in [0.15, 0.2) is 38.5 Å². The third-order valence-corrected chi connectivity index (χ3v) is 0.785. The molecule has 0 aliphatic carbocycles. The van der Waals surface area contributed by atoms with E-state index in [4.69, 9.17) is 0 Å². The Morgan fingerprint density at radius 1 is 1.29 bits per heavy atom. The SMILES string of the molecule is C=C.C=[C-]/C=C\C.C=[C-]NCCC.[K+]. The monoisotopic (exact) mass is 218 g/mol. The van der Waals surface area contributed by atoms with Crippen LogP contribution in [-0.2, 0) is 0 Å². The predicted molar refractivity (Wildman–Crippen MR) is 62.1 cm³/mol. The fraction of sp³-hybridized carbons (Fsp3) is 0.333. The molecule has 0 aliphatic heterocycles. The molecular weight excluding hydrogens is 197 g/mol. The van der Waals surface area contributed by atoms with Crippen LogP contribution in [0.5, 0.6) is 0 Å². The fourth-order valence-corrected chi connectivity index (χ4v) is 0.331.